The van der Waals surface area contributed by atoms with Crippen LogP contribution in [0.5, 0.6) is 0 Å². The fraction of sp³-hybridized carbons (Fsp3) is 0.0625. The second-order valence-electron chi connectivity index (χ2n) is 4.66. The van der Waals surface area contributed by atoms with Crippen molar-refractivity contribution in [1.29, 1.82) is 0 Å². The zero-order valence-electron chi connectivity index (χ0n) is 12.4. The summed E-state index contributed by atoms with van der Waals surface area (Å²) in [6.45, 7) is 3.28. The van der Waals surface area contributed by atoms with Gasteiger partial charge < -0.3 is 5.73 Å². The Balaban J connectivity index is 0.000000243. The predicted octanol–water partition coefficient (Wildman–Crippen LogP) is 3.72. The zero-order valence-corrected chi connectivity index (χ0v) is 14.8. The third-order valence-corrected chi connectivity index (χ3v) is 4.23. The summed E-state index contributed by atoms with van der Waals surface area (Å²) in [6.07, 6.45) is 0.152. The lowest BCUT2D eigenvalue weighted by Crippen LogP contribution is -2.11. The largest absolute Gasteiger partial charge is 0.366 e. The molecule has 0 aliphatic rings. The Labute approximate surface area is 150 Å². The van der Waals surface area contributed by atoms with Crippen molar-refractivity contribution in [3.63, 3.8) is 0 Å². The summed E-state index contributed by atoms with van der Waals surface area (Å²) in [7, 11) is -4.10. The first-order valence-electron chi connectivity index (χ1n) is 6.55. The molecule has 0 fully saturated rings. The standard InChI is InChI=1S/C9H10O3S.C7H5Cl2NO/c1-8(13(10,11)12)7-9-5-3-2-4-6-9;8-4-1-2-5(7(10)11)6(9)3-4/h2-6H,1,7H2,(H,10,11,12);1-3H,(H2,10,11). The van der Waals surface area contributed by atoms with Crippen molar-refractivity contribution in [2.24, 2.45) is 5.73 Å². The molecule has 0 aliphatic heterocycles. The van der Waals surface area contributed by atoms with E-state index in [1.807, 2.05) is 6.07 Å². The number of hydrogen-bond acceptors (Lipinski definition) is 3. The maximum atomic E-state index is 10.6. The quantitative estimate of drug-likeness (QED) is 0.780. The predicted molar refractivity (Wildman–Crippen MR) is 95.8 cm³/mol. The fourth-order valence-corrected chi connectivity index (χ4v) is 2.45. The molecule has 8 heteroatoms. The van der Waals surface area contributed by atoms with Crippen molar-refractivity contribution in [2.45, 2.75) is 6.42 Å². The molecule has 0 unspecified atom stereocenters. The van der Waals surface area contributed by atoms with Gasteiger partial charge in [-0.1, -0.05) is 60.1 Å². The van der Waals surface area contributed by atoms with E-state index < -0.39 is 16.0 Å². The first-order chi connectivity index (χ1) is 11.1. The van der Waals surface area contributed by atoms with E-state index in [9.17, 15) is 13.2 Å². The van der Waals surface area contributed by atoms with E-state index >= 15 is 0 Å². The van der Waals surface area contributed by atoms with E-state index in [1.54, 1.807) is 30.3 Å². The lowest BCUT2D eigenvalue weighted by atomic mass is 10.1. The number of halogens is 2. The van der Waals surface area contributed by atoms with E-state index in [1.165, 1.54) is 12.1 Å². The van der Waals surface area contributed by atoms with Crippen LogP contribution >= 0.6 is 23.2 Å². The fourth-order valence-electron chi connectivity index (χ4n) is 1.60. The number of hydrogen-bond donors (Lipinski definition) is 2. The Morgan fingerprint density at radius 1 is 1.12 bits per heavy atom. The van der Waals surface area contributed by atoms with Gasteiger partial charge in [-0.15, -0.1) is 0 Å². The van der Waals surface area contributed by atoms with Crippen LogP contribution in [0.1, 0.15) is 15.9 Å². The van der Waals surface area contributed by atoms with Crippen molar-refractivity contribution in [2.75, 3.05) is 0 Å². The van der Waals surface area contributed by atoms with E-state index in [-0.39, 0.29) is 21.9 Å². The van der Waals surface area contributed by atoms with Crippen molar-refractivity contribution in [3.05, 3.63) is 81.2 Å². The Bertz CT molecular complexity index is 836. The maximum Gasteiger partial charge on any atom is 0.290 e. The molecule has 24 heavy (non-hydrogen) atoms. The highest BCUT2D eigenvalue weighted by atomic mass is 35.5. The van der Waals surface area contributed by atoms with Gasteiger partial charge in [-0.3, -0.25) is 9.35 Å². The number of benzene rings is 2. The highest BCUT2D eigenvalue weighted by Crippen LogP contribution is 2.20. The molecule has 0 aromatic heterocycles. The van der Waals surface area contributed by atoms with Crippen LogP contribution in [0.25, 0.3) is 0 Å². The van der Waals surface area contributed by atoms with Crippen LogP contribution in [0.15, 0.2) is 60.0 Å². The van der Waals surface area contributed by atoms with Gasteiger partial charge in [0.25, 0.3) is 10.1 Å². The summed E-state index contributed by atoms with van der Waals surface area (Å²) < 4.78 is 29.8. The van der Waals surface area contributed by atoms with Crippen LogP contribution in [0.4, 0.5) is 0 Å². The van der Waals surface area contributed by atoms with Crippen molar-refractivity contribution in [1.82, 2.24) is 0 Å². The first-order valence-corrected chi connectivity index (χ1v) is 8.75. The molecule has 5 nitrogen and oxygen atoms in total. The molecule has 0 saturated heterocycles. The molecule has 1 amide bonds. The SMILES string of the molecule is C=C(Cc1ccccc1)S(=O)(=O)O.NC(=O)c1ccc(Cl)cc1Cl. The number of amides is 1. The highest BCUT2D eigenvalue weighted by Gasteiger charge is 2.10. The molecule has 2 aromatic carbocycles. The van der Waals surface area contributed by atoms with Crippen molar-refractivity contribution >= 4 is 39.2 Å². The van der Waals surface area contributed by atoms with Crippen LogP contribution in [0.2, 0.25) is 10.0 Å². The number of nitrogens with two attached hydrogens (primary N) is 1. The average Bonchev–Trinajstić information content (AvgIpc) is 2.47. The van der Waals surface area contributed by atoms with Gasteiger partial charge >= 0.3 is 0 Å². The lowest BCUT2D eigenvalue weighted by Gasteiger charge is -2.01. The van der Waals surface area contributed by atoms with Gasteiger partial charge in [0.15, 0.2) is 0 Å². The zero-order chi connectivity index (χ0) is 18.3. The normalized spacial score (nSPS) is 10.5. The number of allylic oxidation sites excluding steroid dienone is 1. The molecule has 128 valence electrons. The Hall–Kier alpha value is -1.86. The van der Waals surface area contributed by atoms with Crippen LogP contribution in [0, 0.1) is 0 Å². The van der Waals surface area contributed by atoms with Gasteiger partial charge in [-0.05, 0) is 23.8 Å². The average molecular weight is 388 g/mol. The summed E-state index contributed by atoms with van der Waals surface area (Å²) in [5, 5.41) is 0.769. The molecule has 0 aliphatic carbocycles. The molecular weight excluding hydrogens is 373 g/mol. The Morgan fingerprint density at radius 2 is 1.71 bits per heavy atom. The molecule has 3 N–H and O–H groups in total. The highest BCUT2D eigenvalue weighted by molar-refractivity contribution is 7.89. The number of primary amides is 1. The van der Waals surface area contributed by atoms with Crippen molar-refractivity contribution < 1.29 is 17.8 Å². The van der Waals surface area contributed by atoms with Gasteiger partial charge in [-0.2, -0.15) is 8.42 Å². The smallest absolute Gasteiger partial charge is 0.290 e. The summed E-state index contributed by atoms with van der Waals surface area (Å²) >= 11 is 11.2. The molecule has 2 aromatic rings. The summed E-state index contributed by atoms with van der Waals surface area (Å²) in [5.74, 6) is -0.549. The van der Waals surface area contributed by atoms with Gasteiger partial charge in [-0.25, -0.2) is 0 Å². The summed E-state index contributed by atoms with van der Waals surface area (Å²) in [4.78, 5) is 10.4. The third kappa shape index (κ3) is 6.72. The molecular formula is C16H15Cl2NO4S. The minimum atomic E-state index is -4.10. The maximum absolute atomic E-state index is 10.6. The van der Waals surface area contributed by atoms with Crippen molar-refractivity contribution in [3.8, 4) is 0 Å². The topological polar surface area (TPSA) is 97.5 Å². The summed E-state index contributed by atoms with van der Waals surface area (Å²) in [6, 6.07) is 13.5. The number of rotatable bonds is 4. The molecule has 2 rings (SSSR count). The van der Waals surface area contributed by atoms with Gasteiger partial charge in [0, 0.05) is 11.4 Å². The second kappa shape index (κ2) is 8.84. The van der Waals surface area contributed by atoms with E-state index in [0.29, 0.717) is 5.02 Å². The van der Waals surface area contributed by atoms with E-state index in [2.05, 4.69) is 6.58 Å². The Kier molecular flexibility index (Phi) is 7.44. The van der Waals surface area contributed by atoms with E-state index in [0.717, 1.165) is 5.56 Å². The molecule has 0 atom stereocenters. The number of carbonyl (C=O) groups excluding carboxylic acids is 1. The first kappa shape index (κ1) is 20.2. The van der Waals surface area contributed by atoms with Crippen LogP contribution in [-0.4, -0.2) is 18.9 Å². The van der Waals surface area contributed by atoms with Gasteiger partial charge in [0.1, 0.15) is 0 Å². The molecule has 0 radical (unpaired) electrons. The van der Waals surface area contributed by atoms with E-state index in [4.69, 9.17) is 33.5 Å². The molecule has 0 heterocycles. The van der Waals surface area contributed by atoms with Gasteiger partial charge in [0.05, 0.1) is 15.5 Å². The molecule has 0 spiro atoms. The monoisotopic (exact) mass is 387 g/mol. The number of carbonyl (C=O) groups is 1. The minimum Gasteiger partial charge on any atom is -0.366 e. The van der Waals surface area contributed by atoms with Crippen LogP contribution in [0.3, 0.4) is 0 Å². The molecule has 0 bridgehead atoms. The Morgan fingerprint density at radius 3 is 2.17 bits per heavy atom. The van der Waals surface area contributed by atoms with Gasteiger partial charge in [0.2, 0.25) is 5.91 Å². The van der Waals surface area contributed by atoms with Crippen LogP contribution in [-0.2, 0) is 16.5 Å². The summed E-state index contributed by atoms with van der Waals surface area (Å²) in [5.41, 5.74) is 6.10. The second-order valence-corrected chi connectivity index (χ2v) is 7.04. The van der Waals surface area contributed by atoms with Crippen LogP contribution < -0.4 is 5.73 Å². The third-order valence-electron chi connectivity index (χ3n) is 2.81. The lowest BCUT2D eigenvalue weighted by molar-refractivity contribution is 0.100. The minimum absolute atomic E-state index is 0.152. The molecule has 0 saturated carbocycles.